The summed E-state index contributed by atoms with van der Waals surface area (Å²) in [5, 5.41) is 0. The van der Waals surface area contributed by atoms with Crippen LogP contribution in [0.25, 0.3) is 0 Å². The molecule has 0 unspecified atom stereocenters. The lowest BCUT2D eigenvalue weighted by atomic mass is 9.97. The van der Waals surface area contributed by atoms with E-state index in [1.165, 1.54) is 21.1 Å². The van der Waals surface area contributed by atoms with E-state index in [0.717, 1.165) is 13.1 Å². The molecule has 2 fully saturated rings. The van der Waals surface area contributed by atoms with Gasteiger partial charge in [-0.25, -0.2) is 13.2 Å². The zero-order valence-corrected chi connectivity index (χ0v) is 23.3. The number of aryl methyl sites for hydroxylation is 4. The lowest BCUT2D eigenvalue weighted by molar-refractivity contribution is -0.137. The number of amides is 1. The zero-order valence-electron chi connectivity index (χ0n) is 22.5. The first-order chi connectivity index (χ1) is 17.5. The molecule has 0 bridgehead atoms. The molecular formula is C27H38N4O5S. The molecule has 2 saturated heterocycles. The van der Waals surface area contributed by atoms with Crippen LogP contribution in [0.4, 0.5) is 5.69 Å². The Kier molecular flexibility index (Phi) is 7.99. The van der Waals surface area contributed by atoms with Crippen molar-refractivity contribution in [1.29, 1.82) is 0 Å². The molecule has 2 aromatic rings. The van der Waals surface area contributed by atoms with Crippen LogP contribution >= 0.6 is 0 Å². The third-order valence-corrected chi connectivity index (χ3v) is 9.46. The fraction of sp³-hybridized carbons (Fsp3) is 0.556. The van der Waals surface area contributed by atoms with Crippen molar-refractivity contribution in [1.82, 2.24) is 14.2 Å². The number of aromatic amines is 1. The Balaban J connectivity index is 1.47. The van der Waals surface area contributed by atoms with Gasteiger partial charge in [-0.2, -0.15) is 4.31 Å². The maximum absolute atomic E-state index is 13.7. The van der Waals surface area contributed by atoms with Crippen LogP contribution in [0.15, 0.2) is 23.1 Å². The Morgan fingerprint density at radius 1 is 1.03 bits per heavy atom. The smallest absolute Gasteiger partial charge is 0.341 e. The van der Waals surface area contributed by atoms with E-state index in [0.29, 0.717) is 43.9 Å². The van der Waals surface area contributed by atoms with Crippen molar-refractivity contribution in [2.75, 3.05) is 50.8 Å². The van der Waals surface area contributed by atoms with Crippen LogP contribution in [0.3, 0.4) is 0 Å². The molecule has 0 radical (unpaired) electrons. The molecule has 1 amide bonds. The molecule has 3 heterocycles. The number of carbonyl (C=O) groups excluding carboxylic acids is 2. The third-order valence-electron chi connectivity index (χ3n) is 7.43. The number of sulfonamides is 1. The molecule has 1 aromatic carbocycles. The molecular weight excluding hydrogens is 492 g/mol. The standard InChI is InChI=1S/C27H38N4O5S/c1-6-36-27(33)24-20(4)28-21(5)25(24)37(34,35)31-11-7-8-22(17-31)26(32)30-14-12-29(13-15-30)23-16-18(2)9-10-19(23)3/h9-10,16,22,28H,6-8,11-15,17H2,1-5H3/t22-/m0/s1. The number of benzene rings is 1. The Labute approximate surface area is 219 Å². The van der Waals surface area contributed by atoms with Crippen LogP contribution in [-0.4, -0.2) is 80.4 Å². The summed E-state index contributed by atoms with van der Waals surface area (Å²) in [5.41, 5.74) is 4.54. The van der Waals surface area contributed by atoms with Gasteiger partial charge < -0.3 is 19.5 Å². The second kappa shape index (κ2) is 10.9. The van der Waals surface area contributed by atoms with E-state index < -0.39 is 21.9 Å². The minimum Gasteiger partial charge on any atom is -0.462 e. The maximum atomic E-state index is 13.7. The van der Waals surface area contributed by atoms with E-state index in [9.17, 15) is 18.0 Å². The Morgan fingerprint density at radius 2 is 1.73 bits per heavy atom. The number of piperazine rings is 1. The topological polar surface area (TPSA) is 103 Å². The van der Waals surface area contributed by atoms with Crippen molar-refractivity contribution in [3.05, 3.63) is 46.3 Å². The molecule has 0 saturated carbocycles. The van der Waals surface area contributed by atoms with Gasteiger partial charge in [-0.05, 0) is 64.7 Å². The zero-order chi connectivity index (χ0) is 26.9. The number of anilines is 1. The second-order valence-corrected chi connectivity index (χ2v) is 12.0. The van der Waals surface area contributed by atoms with Gasteiger partial charge in [-0.15, -0.1) is 0 Å². The van der Waals surface area contributed by atoms with E-state index in [-0.39, 0.29) is 29.5 Å². The summed E-state index contributed by atoms with van der Waals surface area (Å²) in [6.07, 6.45) is 1.24. The van der Waals surface area contributed by atoms with Crippen LogP contribution < -0.4 is 4.90 Å². The monoisotopic (exact) mass is 530 g/mol. The van der Waals surface area contributed by atoms with Gasteiger partial charge >= 0.3 is 5.97 Å². The van der Waals surface area contributed by atoms with Gasteiger partial charge in [-0.1, -0.05) is 12.1 Å². The number of esters is 1. The summed E-state index contributed by atoms with van der Waals surface area (Å²) in [4.78, 5) is 33.2. The van der Waals surface area contributed by atoms with Crippen LogP contribution in [0.2, 0.25) is 0 Å². The molecule has 0 spiro atoms. The first kappa shape index (κ1) is 27.2. The third kappa shape index (κ3) is 5.40. The number of rotatable bonds is 6. The van der Waals surface area contributed by atoms with Crippen LogP contribution in [-0.2, 0) is 19.6 Å². The van der Waals surface area contributed by atoms with E-state index in [1.807, 2.05) is 4.90 Å². The molecule has 1 atom stereocenters. The minimum absolute atomic E-state index is 0.00750. The van der Waals surface area contributed by atoms with Gasteiger partial charge in [0, 0.05) is 56.3 Å². The van der Waals surface area contributed by atoms with E-state index in [1.54, 1.807) is 20.8 Å². The molecule has 4 rings (SSSR count). The maximum Gasteiger partial charge on any atom is 0.341 e. The van der Waals surface area contributed by atoms with Crippen molar-refractivity contribution in [3.8, 4) is 0 Å². The lowest BCUT2D eigenvalue weighted by Gasteiger charge is -2.40. The predicted octanol–water partition coefficient (Wildman–Crippen LogP) is 3.17. The Morgan fingerprint density at radius 3 is 2.41 bits per heavy atom. The highest BCUT2D eigenvalue weighted by Crippen LogP contribution is 2.31. The molecule has 1 N–H and O–H groups in total. The van der Waals surface area contributed by atoms with Crippen molar-refractivity contribution >= 4 is 27.6 Å². The number of aromatic nitrogens is 1. The number of hydrogen-bond donors (Lipinski definition) is 1. The van der Waals surface area contributed by atoms with Crippen molar-refractivity contribution < 1.29 is 22.7 Å². The Hall–Kier alpha value is -2.85. The van der Waals surface area contributed by atoms with E-state index in [4.69, 9.17) is 4.74 Å². The Bertz CT molecular complexity index is 1280. The first-order valence-electron chi connectivity index (χ1n) is 13.0. The number of nitrogens with zero attached hydrogens (tertiary/aromatic N) is 3. The molecule has 2 aliphatic rings. The van der Waals surface area contributed by atoms with E-state index >= 15 is 0 Å². The molecule has 1 aromatic heterocycles. The van der Waals surface area contributed by atoms with Gasteiger partial charge in [-0.3, -0.25) is 4.79 Å². The molecule has 202 valence electrons. The van der Waals surface area contributed by atoms with Crippen LogP contribution in [0.5, 0.6) is 0 Å². The van der Waals surface area contributed by atoms with Crippen molar-refractivity contribution in [2.45, 2.75) is 52.4 Å². The number of ether oxygens (including phenoxy) is 1. The highest BCUT2D eigenvalue weighted by atomic mass is 32.2. The van der Waals surface area contributed by atoms with E-state index in [2.05, 4.69) is 41.9 Å². The highest BCUT2D eigenvalue weighted by Gasteiger charge is 2.39. The normalized spacial score (nSPS) is 19.2. The summed E-state index contributed by atoms with van der Waals surface area (Å²) in [7, 11) is -3.99. The first-order valence-corrected chi connectivity index (χ1v) is 14.5. The SMILES string of the molecule is CCOC(=O)c1c(C)[nH]c(C)c1S(=O)(=O)N1CCC[C@H](C(=O)N2CCN(c3cc(C)ccc3C)CC2)C1. The minimum atomic E-state index is -3.99. The van der Waals surface area contributed by atoms with Crippen molar-refractivity contribution in [3.63, 3.8) is 0 Å². The number of piperidine rings is 1. The summed E-state index contributed by atoms with van der Waals surface area (Å²) >= 11 is 0. The average molecular weight is 531 g/mol. The van der Waals surface area contributed by atoms with Gasteiger partial charge in [0.2, 0.25) is 15.9 Å². The number of nitrogens with one attached hydrogen (secondary N) is 1. The van der Waals surface area contributed by atoms with Gasteiger partial charge in [0.05, 0.1) is 12.5 Å². The van der Waals surface area contributed by atoms with Gasteiger partial charge in [0.25, 0.3) is 0 Å². The van der Waals surface area contributed by atoms with Gasteiger partial charge in [0.15, 0.2) is 0 Å². The largest absolute Gasteiger partial charge is 0.462 e. The molecule has 0 aliphatic carbocycles. The summed E-state index contributed by atoms with van der Waals surface area (Å²) in [6.45, 7) is 12.5. The molecule has 37 heavy (non-hydrogen) atoms. The molecule has 2 aliphatic heterocycles. The van der Waals surface area contributed by atoms with Gasteiger partial charge in [0.1, 0.15) is 10.5 Å². The fourth-order valence-corrected chi connectivity index (χ4v) is 7.44. The second-order valence-electron chi connectivity index (χ2n) is 10.1. The van der Waals surface area contributed by atoms with Crippen molar-refractivity contribution in [2.24, 2.45) is 5.92 Å². The summed E-state index contributed by atoms with van der Waals surface area (Å²) < 4.78 is 33.9. The summed E-state index contributed by atoms with van der Waals surface area (Å²) in [6, 6.07) is 6.42. The molecule has 10 heteroatoms. The average Bonchev–Trinajstić information content (AvgIpc) is 3.19. The lowest BCUT2D eigenvalue weighted by Crippen LogP contribution is -2.53. The quantitative estimate of drug-likeness (QED) is 0.576. The van der Waals surface area contributed by atoms with Crippen LogP contribution in [0, 0.1) is 33.6 Å². The molecule has 9 nitrogen and oxygen atoms in total. The number of carbonyl (C=O) groups is 2. The number of hydrogen-bond acceptors (Lipinski definition) is 6. The summed E-state index contributed by atoms with van der Waals surface area (Å²) in [5.74, 6) is -1.05. The predicted molar refractivity (Wildman–Crippen MR) is 142 cm³/mol. The van der Waals surface area contributed by atoms with Crippen LogP contribution in [0.1, 0.15) is 52.6 Å². The number of H-pyrrole nitrogens is 1. The fourth-order valence-electron chi connectivity index (χ4n) is 5.51. The highest BCUT2D eigenvalue weighted by molar-refractivity contribution is 7.89.